The Balaban J connectivity index is 2.47. The molecule has 1 aromatic carbocycles. The fourth-order valence-corrected chi connectivity index (χ4v) is 1.84. The van der Waals surface area contributed by atoms with Crippen molar-refractivity contribution in [2.24, 2.45) is 0 Å². The lowest BCUT2D eigenvalue weighted by molar-refractivity contribution is 0.0694. The summed E-state index contributed by atoms with van der Waals surface area (Å²) < 4.78 is 1.96. The number of nitrogens with zero attached hydrogens (tertiary/aromatic N) is 2. The number of carboxylic acids is 1. The van der Waals surface area contributed by atoms with Crippen LogP contribution >= 0.6 is 0 Å². The number of rotatable bonds is 4. The molecule has 0 spiro atoms. The Hall–Kier alpha value is -2.30. The fraction of sp³-hybridized carbons (Fsp3) is 0.231. The highest BCUT2D eigenvalue weighted by Gasteiger charge is 2.13. The Morgan fingerprint density at radius 2 is 2.22 bits per heavy atom. The molecule has 18 heavy (non-hydrogen) atoms. The van der Waals surface area contributed by atoms with Crippen molar-refractivity contribution in [1.29, 1.82) is 0 Å². The molecule has 5 nitrogen and oxygen atoms in total. The van der Waals surface area contributed by atoms with Crippen LogP contribution in [0.5, 0.6) is 5.75 Å². The summed E-state index contributed by atoms with van der Waals surface area (Å²) in [6.07, 6.45) is 4.50. The van der Waals surface area contributed by atoms with E-state index in [-0.39, 0.29) is 11.3 Å². The topological polar surface area (TPSA) is 75.3 Å². The van der Waals surface area contributed by atoms with E-state index >= 15 is 0 Å². The molecule has 0 fully saturated rings. The third-order valence-electron chi connectivity index (χ3n) is 2.67. The molecule has 0 saturated heterocycles. The van der Waals surface area contributed by atoms with E-state index in [1.807, 2.05) is 10.8 Å². The number of imidazole rings is 1. The lowest BCUT2D eigenvalue weighted by Crippen LogP contribution is -2.01. The van der Waals surface area contributed by atoms with Crippen LogP contribution in [0.3, 0.4) is 0 Å². The molecule has 2 rings (SSSR count). The maximum Gasteiger partial charge on any atom is 0.339 e. The quantitative estimate of drug-likeness (QED) is 0.868. The van der Waals surface area contributed by atoms with Gasteiger partial charge in [0.15, 0.2) is 0 Å². The van der Waals surface area contributed by atoms with Gasteiger partial charge in [0.25, 0.3) is 0 Å². The Labute approximate surface area is 104 Å². The Morgan fingerprint density at radius 1 is 1.44 bits per heavy atom. The van der Waals surface area contributed by atoms with Crippen molar-refractivity contribution in [2.45, 2.75) is 19.9 Å². The van der Waals surface area contributed by atoms with Gasteiger partial charge in [-0.2, -0.15) is 0 Å². The molecule has 2 N–H and O–H groups in total. The third-order valence-corrected chi connectivity index (χ3v) is 2.67. The molecule has 1 heterocycles. The highest BCUT2D eigenvalue weighted by atomic mass is 16.4. The standard InChI is InChI=1S/C13H14N2O3/c1-2-6-15-7-5-14-12(15)9-3-4-11(16)10(8-9)13(17)18/h3-5,7-8,16H,2,6H2,1H3,(H,17,18). The first-order valence-corrected chi connectivity index (χ1v) is 5.71. The van der Waals surface area contributed by atoms with E-state index < -0.39 is 5.97 Å². The van der Waals surface area contributed by atoms with Crippen LogP contribution in [-0.2, 0) is 6.54 Å². The third kappa shape index (κ3) is 2.20. The zero-order valence-electron chi connectivity index (χ0n) is 10.00. The lowest BCUT2D eigenvalue weighted by Gasteiger charge is -2.07. The minimum Gasteiger partial charge on any atom is -0.507 e. The average Bonchev–Trinajstić information content (AvgIpc) is 2.78. The zero-order chi connectivity index (χ0) is 13.1. The van der Waals surface area contributed by atoms with Crippen LogP contribution in [0.4, 0.5) is 0 Å². The van der Waals surface area contributed by atoms with Gasteiger partial charge in [-0.25, -0.2) is 9.78 Å². The molecular formula is C13H14N2O3. The summed E-state index contributed by atoms with van der Waals surface area (Å²) in [6.45, 7) is 2.88. The number of phenols is 1. The molecule has 1 aromatic heterocycles. The van der Waals surface area contributed by atoms with Crippen molar-refractivity contribution in [3.63, 3.8) is 0 Å². The number of aromatic hydroxyl groups is 1. The molecule has 0 radical (unpaired) electrons. The summed E-state index contributed by atoms with van der Waals surface area (Å²) in [7, 11) is 0. The molecule has 2 aromatic rings. The number of benzene rings is 1. The first-order chi connectivity index (χ1) is 8.63. The highest BCUT2D eigenvalue weighted by Crippen LogP contribution is 2.25. The van der Waals surface area contributed by atoms with Gasteiger partial charge in [0.05, 0.1) is 0 Å². The summed E-state index contributed by atoms with van der Waals surface area (Å²) in [4.78, 5) is 15.2. The first kappa shape index (κ1) is 12.2. The molecule has 0 aliphatic heterocycles. The SMILES string of the molecule is CCCn1ccnc1-c1ccc(O)c(C(=O)O)c1. The first-order valence-electron chi connectivity index (χ1n) is 5.71. The van der Waals surface area contributed by atoms with Crippen molar-refractivity contribution in [1.82, 2.24) is 9.55 Å². The molecular weight excluding hydrogens is 232 g/mol. The van der Waals surface area contributed by atoms with E-state index in [9.17, 15) is 9.90 Å². The van der Waals surface area contributed by atoms with Gasteiger partial charge in [0.2, 0.25) is 0 Å². The van der Waals surface area contributed by atoms with Crippen LogP contribution in [0.15, 0.2) is 30.6 Å². The molecule has 0 aliphatic rings. The van der Waals surface area contributed by atoms with Crippen LogP contribution in [0.25, 0.3) is 11.4 Å². The Kier molecular flexibility index (Phi) is 3.32. The van der Waals surface area contributed by atoms with Gasteiger partial charge in [-0.05, 0) is 24.6 Å². The highest BCUT2D eigenvalue weighted by molar-refractivity contribution is 5.92. The molecule has 0 aliphatic carbocycles. The van der Waals surface area contributed by atoms with Gasteiger partial charge in [0, 0.05) is 24.5 Å². The van der Waals surface area contributed by atoms with Crippen molar-refractivity contribution < 1.29 is 15.0 Å². The van der Waals surface area contributed by atoms with Crippen LogP contribution < -0.4 is 0 Å². The predicted molar refractivity (Wildman–Crippen MR) is 66.6 cm³/mol. The minimum atomic E-state index is -1.15. The summed E-state index contributed by atoms with van der Waals surface area (Å²) in [6, 6.07) is 4.48. The summed E-state index contributed by atoms with van der Waals surface area (Å²) in [5.41, 5.74) is 0.571. The summed E-state index contributed by atoms with van der Waals surface area (Å²) in [5, 5.41) is 18.4. The van der Waals surface area contributed by atoms with Crippen LogP contribution in [-0.4, -0.2) is 25.7 Å². The molecule has 0 atom stereocenters. The summed E-state index contributed by atoms with van der Waals surface area (Å²) >= 11 is 0. The predicted octanol–water partition coefficient (Wildman–Crippen LogP) is 2.36. The minimum absolute atomic E-state index is 0.112. The van der Waals surface area contributed by atoms with Gasteiger partial charge >= 0.3 is 5.97 Å². The van der Waals surface area contributed by atoms with Crippen LogP contribution in [0.2, 0.25) is 0 Å². The molecule has 94 valence electrons. The second-order valence-corrected chi connectivity index (χ2v) is 3.98. The monoisotopic (exact) mass is 246 g/mol. The van der Waals surface area contributed by atoms with Crippen molar-refractivity contribution >= 4 is 5.97 Å². The lowest BCUT2D eigenvalue weighted by atomic mass is 10.1. The van der Waals surface area contributed by atoms with Gasteiger partial charge in [-0.1, -0.05) is 6.92 Å². The van der Waals surface area contributed by atoms with Crippen molar-refractivity contribution in [3.8, 4) is 17.1 Å². The molecule has 5 heteroatoms. The summed E-state index contributed by atoms with van der Waals surface area (Å²) in [5.74, 6) is -0.679. The van der Waals surface area contributed by atoms with Crippen LogP contribution in [0.1, 0.15) is 23.7 Å². The molecule has 0 amide bonds. The van der Waals surface area contributed by atoms with Crippen molar-refractivity contribution in [2.75, 3.05) is 0 Å². The maximum atomic E-state index is 11.0. The van der Waals surface area contributed by atoms with Gasteiger partial charge in [0.1, 0.15) is 17.1 Å². The largest absolute Gasteiger partial charge is 0.507 e. The second-order valence-electron chi connectivity index (χ2n) is 3.98. The maximum absolute atomic E-state index is 11.0. The molecule has 0 unspecified atom stereocenters. The zero-order valence-corrected chi connectivity index (χ0v) is 10.00. The molecule has 0 bridgehead atoms. The van der Waals surface area contributed by atoms with E-state index in [1.165, 1.54) is 12.1 Å². The van der Waals surface area contributed by atoms with Crippen molar-refractivity contribution in [3.05, 3.63) is 36.2 Å². The Morgan fingerprint density at radius 3 is 2.89 bits per heavy atom. The number of hydrogen-bond donors (Lipinski definition) is 2. The van der Waals surface area contributed by atoms with Crippen LogP contribution in [0, 0.1) is 0 Å². The number of carbonyl (C=O) groups is 1. The smallest absolute Gasteiger partial charge is 0.339 e. The van der Waals surface area contributed by atoms with E-state index in [1.54, 1.807) is 12.3 Å². The Bertz CT molecular complexity index is 575. The van der Waals surface area contributed by atoms with Gasteiger partial charge in [-0.15, -0.1) is 0 Å². The van der Waals surface area contributed by atoms with E-state index in [2.05, 4.69) is 11.9 Å². The number of hydrogen-bond acceptors (Lipinski definition) is 3. The van der Waals surface area contributed by atoms with E-state index in [0.717, 1.165) is 13.0 Å². The average molecular weight is 246 g/mol. The van der Waals surface area contributed by atoms with E-state index in [0.29, 0.717) is 11.4 Å². The number of carboxylic acid groups (broad SMARTS) is 1. The number of aromatic carboxylic acids is 1. The van der Waals surface area contributed by atoms with Gasteiger partial charge in [-0.3, -0.25) is 0 Å². The number of aryl methyl sites for hydroxylation is 1. The fourth-order valence-electron chi connectivity index (χ4n) is 1.84. The van der Waals surface area contributed by atoms with Gasteiger partial charge < -0.3 is 14.8 Å². The number of aromatic nitrogens is 2. The normalized spacial score (nSPS) is 10.5. The second kappa shape index (κ2) is 4.91. The van der Waals surface area contributed by atoms with E-state index in [4.69, 9.17) is 5.11 Å². The molecule has 0 saturated carbocycles.